The highest BCUT2D eigenvalue weighted by Crippen LogP contribution is 2.46. The summed E-state index contributed by atoms with van der Waals surface area (Å²) in [6.07, 6.45) is -3.81. The average Bonchev–Trinajstić information content (AvgIpc) is 3.66. The molecule has 3 atom stereocenters. The number of ether oxygens (including phenoxy) is 2. The second-order valence-corrected chi connectivity index (χ2v) is 10.8. The van der Waals surface area contributed by atoms with Crippen molar-refractivity contribution in [3.8, 4) is 0 Å². The molecule has 1 aliphatic carbocycles. The highest BCUT2D eigenvalue weighted by atomic mass is 19.4. The zero-order chi connectivity index (χ0) is 30.9. The van der Waals surface area contributed by atoms with Crippen LogP contribution in [0, 0.1) is 5.82 Å². The SMILES string of the molecule is CC(N(Cc1ccc(F)cc1)C(=O)CN1C(=O)O[C@@]2(CCc3cc(NC(=O)NC[C@H]4CCCO4)ccc32)C1=O)C(F)(F)F. The number of rotatable bonds is 8. The van der Waals surface area contributed by atoms with Gasteiger partial charge in [0.25, 0.3) is 5.91 Å². The Labute approximate surface area is 244 Å². The monoisotopic (exact) mass is 606 g/mol. The Morgan fingerprint density at radius 3 is 2.58 bits per heavy atom. The molecule has 10 nitrogen and oxygen atoms in total. The zero-order valence-electron chi connectivity index (χ0n) is 23.2. The topological polar surface area (TPSA) is 117 Å². The number of alkyl halides is 3. The first-order chi connectivity index (χ1) is 20.4. The van der Waals surface area contributed by atoms with Gasteiger partial charge in [-0.2, -0.15) is 13.2 Å². The van der Waals surface area contributed by atoms with Crippen molar-refractivity contribution in [2.24, 2.45) is 0 Å². The van der Waals surface area contributed by atoms with Crippen LogP contribution in [0.3, 0.4) is 0 Å². The highest BCUT2D eigenvalue weighted by Gasteiger charge is 2.58. The molecule has 0 saturated carbocycles. The Balaban J connectivity index is 1.28. The summed E-state index contributed by atoms with van der Waals surface area (Å²) in [5, 5.41) is 5.46. The first-order valence-electron chi connectivity index (χ1n) is 13.8. The van der Waals surface area contributed by atoms with E-state index in [9.17, 15) is 36.7 Å². The molecule has 2 aromatic rings. The highest BCUT2D eigenvalue weighted by molar-refractivity contribution is 6.06. The number of carbonyl (C=O) groups is 4. The van der Waals surface area contributed by atoms with Gasteiger partial charge in [-0.3, -0.25) is 9.59 Å². The van der Waals surface area contributed by atoms with E-state index in [1.807, 2.05) is 0 Å². The van der Waals surface area contributed by atoms with Crippen LogP contribution in [0.5, 0.6) is 0 Å². The summed E-state index contributed by atoms with van der Waals surface area (Å²) in [6, 6.07) is 6.64. The summed E-state index contributed by atoms with van der Waals surface area (Å²) in [5.74, 6) is -2.59. The molecule has 230 valence electrons. The lowest BCUT2D eigenvalue weighted by atomic mass is 9.94. The minimum atomic E-state index is -4.80. The van der Waals surface area contributed by atoms with Crippen LogP contribution in [0.15, 0.2) is 42.5 Å². The number of nitrogens with zero attached hydrogens (tertiary/aromatic N) is 2. The number of fused-ring (bicyclic) bond motifs is 2. The second kappa shape index (κ2) is 11.8. The second-order valence-electron chi connectivity index (χ2n) is 10.8. The molecule has 1 spiro atoms. The number of hydrogen-bond donors (Lipinski definition) is 2. The van der Waals surface area contributed by atoms with Gasteiger partial charge < -0.3 is 25.0 Å². The minimum absolute atomic E-state index is 0.0322. The molecule has 0 bridgehead atoms. The molecule has 2 aliphatic heterocycles. The van der Waals surface area contributed by atoms with Crippen molar-refractivity contribution in [2.75, 3.05) is 25.0 Å². The van der Waals surface area contributed by atoms with Gasteiger partial charge in [0.2, 0.25) is 11.5 Å². The van der Waals surface area contributed by atoms with Crippen LogP contribution in [0.1, 0.15) is 42.9 Å². The Morgan fingerprint density at radius 2 is 1.91 bits per heavy atom. The summed E-state index contributed by atoms with van der Waals surface area (Å²) < 4.78 is 65.3. The maximum Gasteiger partial charge on any atom is 0.418 e. The van der Waals surface area contributed by atoms with Gasteiger partial charge in [0.05, 0.1) is 6.10 Å². The summed E-state index contributed by atoms with van der Waals surface area (Å²) in [7, 11) is 0. The fraction of sp³-hybridized carbons (Fsp3) is 0.448. The number of halogens is 4. The molecule has 1 unspecified atom stereocenters. The van der Waals surface area contributed by atoms with E-state index in [4.69, 9.17) is 9.47 Å². The number of urea groups is 1. The van der Waals surface area contributed by atoms with Crippen LogP contribution in [0.25, 0.3) is 0 Å². The number of hydrogen-bond acceptors (Lipinski definition) is 6. The van der Waals surface area contributed by atoms with E-state index in [1.54, 1.807) is 18.2 Å². The van der Waals surface area contributed by atoms with Crippen LogP contribution in [-0.2, 0) is 37.6 Å². The van der Waals surface area contributed by atoms with Crippen LogP contribution in [-0.4, -0.2) is 71.8 Å². The molecular weight excluding hydrogens is 576 g/mol. The first-order valence-corrected chi connectivity index (χ1v) is 13.8. The molecule has 2 N–H and O–H groups in total. The fourth-order valence-corrected chi connectivity index (χ4v) is 5.55. The van der Waals surface area contributed by atoms with E-state index in [0.717, 1.165) is 31.9 Å². The first kappa shape index (κ1) is 30.3. The fourth-order valence-electron chi connectivity index (χ4n) is 5.55. The summed E-state index contributed by atoms with van der Waals surface area (Å²) in [6.45, 7) is 0.315. The van der Waals surface area contributed by atoms with Gasteiger partial charge in [-0.05, 0) is 61.6 Å². The van der Waals surface area contributed by atoms with E-state index in [2.05, 4.69) is 10.6 Å². The molecule has 0 aromatic heterocycles. The van der Waals surface area contributed by atoms with Crippen molar-refractivity contribution in [1.82, 2.24) is 15.1 Å². The molecule has 2 fully saturated rings. The Morgan fingerprint density at radius 1 is 1.16 bits per heavy atom. The third-order valence-corrected chi connectivity index (χ3v) is 7.95. The number of anilines is 1. The number of carbonyl (C=O) groups excluding carboxylic acids is 4. The van der Waals surface area contributed by atoms with Gasteiger partial charge in [-0.25, -0.2) is 18.9 Å². The van der Waals surface area contributed by atoms with Crippen LogP contribution >= 0.6 is 0 Å². The van der Waals surface area contributed by atoms with Gasteiger partial charge in [0, 0.05) is 37.4 Å². The van der Waals surface area contributed by atoms with Crippen molar-refractivity contribution in [1.29, 1.82) is 0 Å². The lowest BCUT2D eigenvalue weighted by Gasteiger charge is -2.31. The third-order valence-electron chi connectivity index (χ3n) is 7.95. The van der Waals surface area contributed by atoms with Crippen molar-refractivity contribution in [2.45, 2.75) is 63.1 Å². The Bertz CT molecular complexity index is 1410. The van der Waals surface area contributed by atoms with Crippen LogP contribution in [0.4, 0.5) is 32.8 Å². The van der Waals surface area contributed by atoms with E-state index in [-0.39, 0.29) is 18.1 Å². The van der Waals surface area contributed by atoms with Crippen LogP contribution in [0.2, 0.25) is 0 Å². The van der Waals surface area contributed by atoms with E-state index < -0.39 is 60.7 Å². The van der Waals surface area contributed by atoms with Gasteiger partial charge in [-0.1, -0.05) is 18.2 Å². The van der Waals surface area contributed by atoms with E-state index in [0.29, 0.717) is 46.2 Å². The van der Waals surface area contributed by atoms with Gasteiger partial charge in [-0.15, -0.1) is 0 Å². The van der Waals surface area contributed by atoms with Crippen molar-refractivity contribution < 1.29 is 46.2 Å². The third kappa shape index (κ3) is 6.28. The Hall–Kier alpha value is -4.20. The number of aryl methyl sites for hydroxylation is 1. The molecule has 5 rings (SSSR count). The summed E-state index contributed by atoms with van der Waals surface area (Å²) in [5.41, 5.74) is -0.0489. The predicted octanol–water partition coefficient (Wildman–Crippen LogP) is 4.23. The van der Waals surface area contributed by atoms with Crippen molar-refractivity contribution in [3.05, 3.63) is 65.0 Å². The van der Waals surface area contributed by atoms with Crippen LogP contribution < -0.4 is 10.6 Å². The van der Waals surface area contributed by atoms with Gasteiger partial charge >= 0.3 is 18.3 Å². The van der Waals surface area contributed by atoms with Crippen molar-refractivity contribution >= 4 is 29.6 Å². The van der Waals surface area contributed by atoms with Crippen molar-refractivity contribution in [3.63, 3.8) is 0 Å². The normalized spacial score (nSPS) is 22.0. The number of imide groups is 1. The van der Waals surface area contributed by atoms with Gasteiger partial charge in [0.1, 0.15) is 18.4 Å². The minimum Gasteiger partial charge on any atom is -0.427 e. The number of benzene rings is 2. The maximum atomic E-state index is 13.7. The molecule has 14 heteroatoms. The largest absolute Gasteiger partial charge is 0.427 e. The summed E-state index contributed by atoms with van der Waals surface area (Å²) in [4.78, 5) is 52.9. The maximum absolute atomic E-state index is 13.7. The van der Waals surface area contributed by atoms with E-state index in [1.165, 1.54) is 12.1 Å². The number of nitrogens with one attached hydrogen (secondary N) is 2. The molecular formula is C29H30F4N4O6. The number of amides is 5. The quantitative estimate of drug-likeness (QED) is 0.435. The predicted molar refractivity (Wildman–Crippen MR) is 143 cm³/mol. The zero-order valence-corrected chi connectivity index (χ0v) is 23.2. The molecule has 43 heavy (non-hydrogen) atoms. The molecule has 3 aliphatic rings. The lowest BCUT2D eigenvalue weighted by molar-refractivity contribution is -0.187. The molecule has 0 radical (unpaired) electrons. The molecule has 2 aromatic carbocycles. The molecule has 2 heterocycles. The van der Waals surface area contributed by atoms with E-state index >= 15 is 0 Å². The average molecular weight is 607 g/mol. The summed E-state index contributed by atoms with van der Waals surface area (Å²) >= 11 is 0. The lowest BCUT2D eigenvalue weighted by Crippen LogP contribution is -2.51. The standard InChI is InChI=1S/C29H30F4N4O6/c1-17(29(31,32)33)36(15-18-4-6-20(30)7-5-18)24(38)16-37-25(39)28(43-27(37)41)11-10-19-13-21(8-9-23(19)28)35-26(40)34-14-22-3-2-12-42-22/h4-9,13,17,22H,2-3,10-12,14-16H2,1H3,(H2,34,35,40)/t17?,22-,28-/m1/s1. The molecule has 2 saturated heterocycles. The molecule has 5 amide bonds. The van der Waals surface area contributed by atoms with Gasteiger partial charge in [0.15, 0.2) is 0 Å². The Kier molecular flexibility index (Phi) is 8.32. The smallest absolute Gasteiger partial charge is 0.418 e.